The molecule has 0 aliphatic rings. The maximum atomic E-state index is 6.23. The lowest BCUT2D eigenvalue weighted by Crippen LogP contribution is -2.13. The van der Waals surface area contributed by atoms with E-state index in [1.807, 2.05) is 23.5 Å². The van der Waals surface area contributed by atoms with Crippen molar-refractivity contribution in [2.75, 3.05) is 9.80 Å². The number of benzene rings is 10. The lowest BCUT2D eigenvalue weighted by molar-refractivity contribution is 0.669. The van der Waals surface area contributed by atoms with Crippen molar-refractivity contribution in [3.8, 4) is 33.4 Å². The third-order valence-electron chi connectivity index (χ3n) is 12.2. The van der Waals surface area contributed by atoms with Crippen LogP contribution in [0.1, 0.15) is 0 Å². The van der Waals surface area contributed by atoms with Crippen molar-refractivity contribution in [1.29, 1.82) is 0 Å². The van der Waals surface area contributed by atoms with Gasteiger partial charge in [-0.15, -0.1) is 11.3 Å². The predicted molar refractivity (Wildman–Crippen MR) is 272 cm³/mol. The Morgan fingerprint density at radius 2 is 0.734 bits per heavy atom. The standard InChI is InChI=1S/C60H40N2OS/c1-5-15-41(16-6-1)43-25-31-49(32-26-43)61(47-19-9-3-10-20-47)51-39-55-54-38-46(45-29-35-58-53(37-45)52-23-13-14-24-57(52)63-58)30-36-59(54)64-60(55)56(40-51)62(48-21-11-4-12-22-48)50-33-27-44(28-34-50)42-17-7-2-8-18-42/h1-40H. The van der Waals surface area contributed by atoms with E-state index >= 15 is 0 Å². The normalized spacial score (nSPS) is 11.4. The molecule has 0 N–H and O–H groups in total. The van der Waals surface area contributed by atoms with E-state index in [4.69, 9.17) is 4.42 Å². The number of rotatable bonds is 9. The number of anilines is 6. The van der Waals surface area contributed by atoms with Gasteiger partial charge in [-0.05, 0) is 124 Å². The molecule has 0 bridgehead atoms. The Balaban J connectivity index is 1.09. The molecule has 0 unspecified atom stereocenters. The largest absolute Gasteiger partial charge is 0.456 e. The second-order valence-electron chi connectivity index (χ2n) is 16.1. The quantitative estimate of drug-likeness (QED) is 0.144. The zero-order valence-electron chi connectivity index (χ0n) is 34.8. The summed E-state index contributed by atoms with van der Waals surface area (Å²) in [6.45, 7) is 0. The molecule has 302 valence electrons. The van der Waals surface area contributed by atoms with Crippen molar-refractivity contribution in [3.63, 3.8) is 0 Å². The third-order valence-corrected chi connectivity index (χ3v) is 13.4. The smallest absolute Gasteiger partial charge is 0.135 e. The van der Waals surface area contributed by atoms with Crippen LogP contribution in [0.2, 0.25) is 0 Å². The summed E-state index contributed by atoms with van der Waals surface area (Å²) >= 11 is 1.85. The van der Waals surface area contributed by atoms with E-state index in [0.29, 0.717) is 0 Å². The molecule has 0 aliphatic carbocycles. The predicted octanol–water partition coefficient (Wildman–Crippen LogP) is 17.9. The summed E-state index contributed by atoms with van der Waals surface area (Å²) in [5.74, 6) is 0. The molecule has 0 spiro atoms. The minimum atomic E-state index is 0.900. The Labute approximate surface area is 376 Å². The van der Waals surface area contributed by atoms with Gasteiger partial charge in [0.1, 0.15) is 11.2 Å². The molecule has 0 saturated heterocycles. The summed E-state index contributed by atoms with van der Waals surface area (Å²) in [7, 11) is 0. The molecule has 2 aromatic heterocycles. The first-order chi connectivity index (χ1) is 31.7. The molecule has 0 saturated carbocycles. The van der Waals surface area contributed by atoms with Gasteiger partial charge in [-0.25, -0.2) is 0 Å². The number of para-hydroxylation sites is 3. The highest BCUT2D eigenvalue weighted by Crippen LogP contribution is 2.50. The maximum absolute atomic E-state index is 6.23. The molecule has 0 atom stereocenters. The maximum Gasteiger partial charge on any atom is 0.135 e. The van der Waals surface area contributed by atoms with Crippen LogP contribution in [0.25, 0.3) is 75.5 Å². The monoisotopic (exact) mass is 836 g/mol. The molecule has 0 radical (unpaired) electrons. The van der Waals surface area contributed by atoms with Gasteiger partial charge in [-0.3, -0.25) is 0 Å². The van der Waals surface area contributed by atoms with E-state index in [2.05, 4.69) is 240 Å². The summed E-state index contributed by atoms with van der Waals surface area (Å²) in [6.07, 6.45) is 0. The summed E-state index contributed by atoms with van der Waals surface area (Å²) in [5.41, 5.74) is 15.4. The van der Waals surface area contributed by atoms with Crippen LogP contribution in [0.4, 0.5) is 34.1 Å². The average molecular weight is 837 g/mol. The minimum Gasteiger partial charge on any atom is -0.456 e. The van der Waals surface area contributed by atoms with Crippen molar-refractivity contribution >= 4 is 87.6 Å². The molecule has 3 nitrogen and oxygen atoms in total. The number of furan rings is 1. The summed E-state index contributed by atoms with van der Waals surface area (Å²) in [4.78, 5) is 4.82. The Morgan fingerprint density at radius 3 is 1.36 bits per heavy atom. The van der Waals surface area contributed by atoms with Gasteiger partial charge in [0.15, 0.2) is 0 Å². The van der Waals surface area contributed by atoms with Crippen LogP contribution in [0.15, 0.2) is 247 Å². The van der Waals surface area contributed by atoms with Crippen molar-refractivity contribution in [2.45, 2.75) is 0 Å². The van der Waals surface area contributed by atoms with Crippen molar-refractivity contribution in [1.82, 2.24) is 0 Å². The van der Waals surface area contributed by atoms with Gasteiger partial charge in [0.2, 0.25) is 0 Å². The molecule has 0 amide bonds. The molecule has 0 aliphatic heterocycles. The van der Waals surface area contributed by atoms with Crippen molar-refractivity contribution in [2.24, 2.45) is 0 Å². The zero-order chi connectivity index (χ0) is 42.4. The van der Waals surface area contributed by atoms with Crippen LogP contribution >= 0.6 is 11.3 Å². The lowest BCUT2D eigenvalue weighted by Gasteiger charge is -2.30. The topological polar surface area (TPSA) is 19.6 Å². The number of hydrogen-bond donors (Lipinski definition) is 0. The molecular formula is C60H40N2OS. The lowest BCUT2D eigenvalue weighted by atomic mass is 10.00. The first kappa shape index (κ1) is 37.6. The van der Waals surface area contributed by atoms with Gasteiger partial charge in [-0.2, -0.15) is 0 Å². The van der Waals surface area contributed by atoms with Crippen molar-refractivity contribution < 1.29 is 4.42 Å². The molecule has 12 rings (SSSR count). The molecule has 2 heterocycles. The second-order valence-corrected chi connectivity index (χ2v) is 17.2. The molecule has 0 fully saturated rings. The molecule has 4 heteroatoms. The van der Waals surface area contributed by atoms with Crippen LogP contribution in [-0.4, -0.2) is 0 Å². The Hall–Kier alpha value is -8.18. The first-order valence-electron chi connectivity index (χ1n) is 21.7. The van der Waals surface area contributed by atoms with Crippen LogP contribution in [0.3, 0.4) is 0 Å². The van der Waals surface area contributed by atoms with E-state index in [0.717, 1.165) is 61.6 Å². The van der Waals surface area contributed by atoms with Crippen LogP contribution < -0.4 is 9.80 Å². The van der Waals surface area contributed by atoms with E-state index in [1.54, 1.807) is 0 Å². The van der Waals surface area contributed by atoms with Gasteiger partial charge in [-0.1, -0.05) is 152 Å². The van der Waals surface area contributed by atoms with Crippen molar-refractivity contribution in [3.05, 3.63) is 243 Å². The van der Waals surface area contributed by atoms with Gasteiger partial charge in [0.05, 0.1) is 10.4 Å². The minimum absolute atomic E-state index is 0.900. The molecule has 10 aromatic carbocycles. The van der Waals surface area contributed by atoms with Gasteiger partial charge in [0, 0.05) is 54.7 Å². The summed E-state index contributed by atoms with van der Waals surface area (Å²) in [6, 6.07) is 87.2. The van der Waals surface area contributed by atoms with Crippen LogP contribution in [-0.2, 0) is 0 Å². The second kappa shape index (κ2) is 15.9. The molecule has 12 aromatic rings. The number of hydrogen-bond acceptors (Lipinski definition) is 4. The van der Waals surface area contributed by atoms with E-state index in [-0.39, 0.29) is 0 Å². The fourth-order valence-electron chi connectivity index (χ4n) is 9.12. The highest BCUT2D eigenvalue weighted by Gasteiger charge is 2.23. The molecule has 64 heavy (non-hydrogen) atoms. The Kier molecular flexibility index (Phi) is 9.36. The Bertz CT molecular complexity index is 3580. The highest BCUT2D eigenvalue weighted by atomic mass is 32.1. The average Bonchev–Trinajstić information content (AvgIpc) is 3.94. The number of thiophene rings is 1. The van der Waals surface area contributed by atoms with Crippen LogP contribution in [0.5, 0.6) is 0 Å². The summed E-state index contributed by atoms with van der Waals surface area (Å²) in [5, 5.41) is 4.68. The van der Waals surface area contributed by atoms with Gasteiger partial charge in [0.25, 0.3) is 0 Å². The van der Waals surface area contributed by atoms with Crippen LogP contribution in [0, 0.1) is 0 Å². The fourth-order valence-corrected chi connectivity index (χ4v) is 10.3. The van der Waals surface area contributed by atoms with Gasteiger partial charge >= 0.3 is 0 Å². The van der Waals surface area contributed by atoms with E-state index in [1.165, 1.54) is 48.0 Å². The first-order valence-corrected chi connectivity index (χ1v) is 22.5. The third kappa shape index (κ3) is 6.78. The Morgan fingerprint density at radius 1 is 0.281 bits per heavy atom. The van der Waals surface area contributed by atoms with Gasteiger partial charge < -0.3 is 14.2 Å². The van der Waals surface area contributed by atoms with E-state index in [9.17, 15) is 0 Å². The SMILES string of the molecule is c1ccc(-c2ccc(N(c3ccccc3)c3cc(N(c4ccccc4)c4ccc(-c5ccccc5)cc4)c4sc5ccc(-c6ccc7oc8ccccc8c7c6)cc5c4c3)cc2)cc1. The zero-order valence-corrected chi connectivity index (χ0v) is 35.6. The molecular weight excluding hydrogens is 797 g/mol. The fraction of sp³-hybridized carbons (Fsp3) is 0. The summed E-state index contributed by atoms with van der Waals surface area (Å²) < 4.78 is 8.68. The van der Waals surface area contributed by atoms with E-state index < -0.39 is 0 Å². The number of fused-ring (bicyclic) bond motifs is 6. The highest BCUT2D eigenvalue weighted by molar-refractivity contribution is 7.26. The number of nitrogens with zero attached hydrogens (tertiary/aromatic N) is 2.